The molecular formula is C15H21N3OS. The highest BCUT2D eigenvalue weighted by Gasteiger charge is 2.16. The number of aryl methyl sites for hydroxylation is 1. The lowest BCUT2D eigenvalue weighted by molar-refractivity contribution is 0.405. The zero-order chi connectivity index (χ0) is 14.5. The maximum atomic E-state index is 5.21. The summed E-state index contributed by atoms with van der Waals surface area (Å²) >= 11 is 1.46. The van der Waals surface area contributed by atoms with Crippen LogP contribution in [-0.2, 0) is 6.54 Å². The molecule has 2 rings (SSSR count). The van der Waals surface area contributed by atoms with Gasteiger partial charge in [-0.3, -0.25) is 0 Å². The predicted octanol–water partition coefficient (Wildman–Crippen LogP) is 3.34. The number of nitrogens with zero attached hydrogens (tertiary/aromatic N) is 2. The van der Waals surface area contributed by atoms with E-state index in [1.54, 1.807) is 7.11 Å². The van der Waals surface area contributed by atoms with E-state index in [1.807, 2.05) is 19.1 Å². The summed E-state index contributed by atoms with van der Waals surface area (Å²) in [4.78, 5) is 1.20. The van der Waals surface area contributed by atoms with E-state index in [4.69, 9.17) is 4.74 Å². The van der Waals surface area contributed by atoms with Crippen LogP contribution < -0.4 is 10.1 Å². The average molecular weight is 291 g/mol. The van der Waals surface area contributed by atoms with Crippen molar-refractivity contribution in [2.75, 3.05) is 7.11 Å². The smallest absolute Gasteiger partial charge is 0.118 e. The Morgan fingerprint density at radius 1 is 1.25 bits per heavy atom. The van der Waals surface area contributed by atoms with Crippen LogP contribution in [-0.4, -0.2) is 16.7 Å². The summed E-state index contributed by atoms with van der Waals surface area (Å²) in [5, 5.41) is 7.65. The van der Waals surface area contributed by atoms with Gasteiger partial charge >= 0.3 is 0 Å². The van der Waals surface area contributed by atoms with Crippen molar-refractivity contribution in [2.24, 2.45) is 5.92 Å². The summed E-state index contributed by atoms with van der Waals surface area (Å²) in [6, 6.07) is 8.56. The van der Waals surface area contributed by atoms with Gasteiger partial charge in [-0.1, -0.05) is 30.5 Å². The Balaban J connectivity index is 2.08. The number of ether oxygens (including phenoxy) is 1. The largest absolute Gasteiger partial charge is 0.497 e. The van der Waals surface area contributed by atoms with Gasteiger partial charge in [0.1, 0.15) is 5.75 Å². The molecule has 20 heavy (non-hydrogen) atoms. The molecule has 0 amide bonds. The molecule has 4 nitrogen and oxygen atoms in total. The van der Waals surface area contributed by atoms with E-state index in [1.165, 1.54) is 22.0 Å². The Hall–Kier alpha value is -1.46. The average Bonchev–Trinajstić information content (AvgIpc) is 2.85. The van der Waals surface area contributed by atoms with E-state index in [2.05, 4.69) is 40.9 Å². The normalized spacial score (nSPS) is 12.7. The molecule has 5 heteroatoms. The lowest BCUT2D eigenvalue weighted by atomic mass is 9.96. The van der Waals surface area contributed by atoms with Gasteiger partial charge in [-0.2, -0.15) is 0 Å². The Labute approximate surface area is 124 Å². The number of aromatic nitrogens is 2. The quantitative estimate of drug-likeness (QED) is 0.886. The van der Waals surface area contributed by atoms with E-state index >= 15 is 0 Å². The zero-order valence-corrected chi connectivity index (χ0v) is 13.2. The molecule has 0 fully saturated rings. The van der Waals surface area contributed by atoms with Crippen molar-refractivity contribution < 1.29 is 4.74 Å². The third kappa shape index (κ3) is 3.55. The molecule has 0 saturated carbocycles. The lowest BCUT2D eigenvalue weighted by Crippen LogP contribution is -2.25. The predicted molar refractivity (Wildman–Crippen MR) is 82.1 cm³/mol. The van der Waals surface area contributed by atoms with Crippen molar-refractivity contribution in [1.29, 1.82) is 0 Å². The van der Waals surface area contributed by atoms with E-state index < -0.39 is 0 Å². The number of hydrogen-bond acceptors (Lipinski definition) is 5. The summed E-state index contributed by atoms with van der Waals surface area (Å²) in [7, 11) is 1.69. The van der Waals surface area contributed by atoms with Gasteiger partial charge in [-0.25, -0.2) is 0 Å². The van der Waals surface area contributed by atoms with Crippen molar-refractivity contribution in [3.05, 3.63) is 40.4 Å². The van der Waals surface area contributed by atoms with Gasteiger partial charge in [0.2, 0.25) is 0 Å². The minimum Gasteiger partial charge on any atom is -0.497 e. The molecule has 108 valence electrons. The summed E-state index contributed by atoms with van der Waals surface area (Å²) in [5.74, 6) is 1.39. The van der Waals surface area contributed by atoms with Crippen LogP contribution >= 0.6 is 11.5 Å². The Kier molecular flexibility index (Phi) is 5.09. The van der Waals surface area contributed by atoms with Crippen LogP contribution in [0.2, 0.25) is 0 Å². The fourth-order valence-electron chi connectivity index (χ4n) is 2.17. The molecule has 0 radical (unpaired) electrons. The van der Waals surface area contributed by atoms with Crippen LogP contribution in [0.4, 0.5) is 0 Å². The van der Waals surface area contributed by atoms with Gasteiger partial charge in [0.25, 0.3) is 0 Å². The SMILES string of the molecule is COc1ccc([C@H](NCc2snnc2C)C(C)C)cc1. The number of methoxy groups -OCH3 is 1. The Bertz CT molecular complexity index is 536. The van der Waals surface area contributed by atoms with Gasteiger partial charge in [-0.05, 0) is 42.1 Å². The monoisotopic (exact) mass is 291 g/mol. The van der Waals surface area contributed by atoms with Crippen molar-refractivity contribution in [2.45, 2.75) is 33.4 Å². The molecule has 0 aliphatic rings. The summed E-state index contributed by atoms with van der Waals surface area (Å²) in [6.07, 6.45) is 0. The van der Waals surface area contributed by atoms with E-state index in [-0.39, 0.29) is 0 Å². The number of rotatable bonds is 6. The molecular weight excluding hydrogens is 270 g/mol. The molecule has 0 aliphatic heterocycles. The van der Waals surface area contributed by atoms with Crippen LogP contribution in [0.3, 0.4) is 0 Å². The summed E-state index contributed by atoms with van der Waals surface area (Å²) in [5.41, 5.74) is 2.29. The first-order chi connectivity index (χ1) is 9.61. The zero-order valence-electron chi connectivity index (χ0n) is 12.4. The second-order valence-electron chi connectivity index (χ2n) is 5.16. The molecule has 0 spiro atoms. The van der Waals surface area contributed by atoms with Gasteiger partial charge in [0, 0.05) is 12.6 Å². The van der Waals surface area contributed by atoms with Crippen LogP contribution in [0.5, 0.6) is 5.75 Å². The Morgan fingerprint density at radius 2 is 1.95 bits per heavy atom. The van der Waals surface area contributed by atoms with E-state index in [9.17, 15) is 0 Å². The highest BCUT2D eigenvalue weighted by molar-refractivity contribution is 7.05. The van der Waals surface area contributed by atoms with Crippen molar-refractivity contribution >= 4 is 11.5 Å². The van der Waals surface area contributed by atoms with Crippen LogP contribution in [0, 0.1) is 12.8 Å². The molecule has 1 aromatic heterocycles. The van der Waals surface area contributed by atoms with Gasteiger partial charge in [-0.15, -0.1) is 5.10 Å². The highest BCUT2D eigenvalue weighted by Crippen LogP contribution is 2.24. The third-order valence-corrected chi connectivity index (χ3v) is 4.19. The second-order valence-corrected chi connectivity index (χ2v) is 6.00. The van der Waals surface area contributed by atoms with E-state index in [0.29, 0.717) is 12.0 Å². The lowest BCUT2D eigenvalue weighted by Gasteiger charge is -2.23. The third-order valence-electron chi connectivity index (χ3n) is 3.37. The minimum atomic E-state index is 0.308. The maximum absolute atomic E-state index is 5.21. The fraction of sp³-hybridized carbons (Fsp3) is 0.467. The second kappa shape index (κ2) is 6.81. The standard InChI is InChI=1S/C15H21N3OS/c1-10(2)15(12-5-7-13(19-4)8-6-12)16-9-14-11(3)17-18-20-14/h5-8,10,15-16H,9H2,1-4H3/t15-/m1/s1. The number of benzene rings is 1. The summed E-state index contributed by atoms with van der Waals surface area (Å²) < 4.78 is 9.18. The number of hydrogen-bond donors (Lipinski definition) is 1. The highest BCUT2D eigenvalue weighted by atomic mass is 32.1. The van der Waals surface area contributed by atoms with Crippen LogP contribution in [0.1, 0.15) is 36.0 Å². The first kappa shape index (κ1) is 14.9. The van der Waals surface area contributed by atoms with Gasteiger partial charge in [0.05, 0.1) is 17.7 Å². The molecule has 0 unspecified atom stereocenters. The fourth-order valence-corrected chi connectivity index (χ4v) is 2.75. The van der Waals surface area contributed by atoms with Crippen LogP contribution in [0.25, 0.3) is 0 Å². The molecule has 2 aromatic rings. The Morgan fingerprint density at radius 3 is 2.45 bits per heavy atom. The van der Waals surface area contributed by atoms with Crippen molar-refractivity contribution in [3.8, 4) is 5.75 Å². The van der Waals surface area contributed by atoms with Gasteiger partial charge < -0.3 is 10.1 Å². The topological polar surface area (TPSA) is 47.0 Å². The minimum absolute atomic E-state index is 0.308. The molecule has 0 aliphatic carbocycles. The molecule has 1 aromatic carbocycles. The maximum Gasteiger partial charge on any atom is 0.118 e. The molecule has 1 N–H and O–H groups in total. The summed E-state index contributed by atoms with van der Waals surface area (Å²) in [6.45, 7) is 7.25. The molecule has 0 saturated heterocycles. The van der Waals surface area contributed by atoms with Gasteiger partial charge in [0.15, 0.2) is 0 Å². The molecule has 0 bridgehead atoms. The first-order valence-corrected chi connectivity index (χ1v) is 7.54. The number of nitrogens with one attached hydrogen (secondary N) is 1. The van der Waals surface area contributed by atoms with Crippen molar-refractivity contribution in [1.82, 2.24) is 14.9 Å². The molecule has 1 atom stereocenters. The van der Waals surface area contributed by atoms with E-state index in [0.717, 1.165) is 18.0 Å². The van der Waals surface area contributed by atoms with Crippen LogP contribution in [0.15, 0.2) is 24.3 Å². The van der Waals surface area contributed by atoms with Crippen molar-refractivity contribution in [3.63, 3.8) is 0 Å². The molecule has 1 heterocycles. The first-order valence-electron chi connectivity index (χ1n) is 6.77.